The Kier molecular flexibility index (Phi) is 5.17. The molecule has 0 bridgehead atoms. The number of furan rings is 1. The van der Waals surface area contributed by atoms with Gasteiger partial charge in [-0.25, -0.2) is 0 Å². The minimum Gasteiger partial charge on any atom is -0.467 e. The molecule has 6 heteroatoms. The number of hydrogen-bond donors (Lipinski definition) is 1. The first-order chi connectivity index (χ1) is 9.63. The third kappa shape index (κ3) is 3.59. The Morgan fingerprint density at radius 3 is 3.05 bits per heavy atom. The van der Waals surface area contributed by atoms with Crippen LogP contribution in [-0.4, -0.2) is 66.8 Å². The van der Waals surface area contributed by atoms with Crippen LogP contribution in [0, 0.1) is 0 Å². The molecule has 1 amide bonds. The van der Waals surface area contributed by atoms with E-state index in [9.17, 15) is 9.90 Å². The fourth-order valence-electron chi connectivity index (χ4n) is 2.51. The molecule has 0 aromatic carbocycles. The van der Waals surface area contributed by atoms with Crippen LogP contribution >= 0.6 is 0 Å². The van der Waals surface area contributed by atoms with Gasteiger partial charge < -0.3 is 19.2 Å². The molecule has 2 atom stereocenters. The summed E-state index contributed by atoms with van der Waals surface area (Å²) in [5.74, 6) is 0.771. The van der Waals surface area contributed by atoms with Crippen molar-refractivity contribution in [1.82, 2.24) is 9.80 Å². The van der Waals surface area contributed by atoms with Crippen molar-refractivity contribution in [2.45, 2.75) is 25.1 Å². The monoisotopic (exact) mass is 282 g/mol. The molecule has 0 saturated carbocycles. The molecule has 1 N–H and O–H groups in total. The number of carbonyl (C=O) groups excluding carboxylic acids is 1. The highest BCUT2D eigenvalue weighted by molar-refractivity contribution is 5.78. The van der Waals surface area contributed by atoms with E-state index in [1.54, 1.807) is 31.4 Å². The molecule has 1 aliphatic heterocycles. The van der Waals surface area contributed by atoms with Crippen LogP contribution < -0.4 is 0 Å². The normalized spacial score (nSPS) is 23.1. The molecule has 0 unspecified atom stereocenters. The van der Waals surface area contributed by atoms with Crippen molar-refractivity contribution >= 4 is 5.91 Å². The molecule has 0 aliphatic carbocycles. The summed E-state index contributed by atoms with van der Waals surface area (Å²) in [5, 5.41) is 9.37. The van der Waals surface area contributed by atoms with Gasteiger partial charge in [0.1, 0.15) is 5.76 Å². The van der Waals surface area contributed by atoms with Gasteiger partial charge in [0, 0.05) is 26.7 Å². The molecule has 20 heavy (non-hydrogen) atoms. The molecule has 0 spiro atoms. The Morgan fingerprint density at radius 1 is 1.65 bits per heavy atom. The average Bonchev–Trinajstić information content (AvgIpc) is 3.07. The molecular formula is C14H22N2O4. The van der Waals surface area contributed by atoms with Crippen molar-refractivity contribution in [2.24, 2.45) is 0 Å². The summed E-state index contributed by atoms with van der Waals surface area (Å²) in [6.07, 6.45) is 2.46. The molecule has 1 saturated heterocycles. The zero-order valence-electron chi connectivity index (χ0n) is 12.0. The van der Waals surface area contributed by atoms with Crippen LogP contribution in [0.4, 0.5) is 0 Å². The number of ether oxygens (including phenoxy) is 1. The van der Waals surface area contributed by atoms with Crippen molar-refractivity contribution in [3.05, 3.63) is 24.2 Å². The van der Waals surface area contributed by atoms with Gasteiger partial charge in [-0.1, -0.05) is 0 Å². The Hall–Kier alpha value is -1.37. The van der Waals surface area contributed by atoms with E-state index >= 15 is 0 Å². The highest BCUT2D eigenvalue weighted by Gasteiger charge is 2.33. The van der Waals surface area contributed by atoms with Crippen LogP contribution in [0.5, 0.6) is 0 Å². The minimum atomic E-state index is 0.000845. The standard InChI is InChI=1S/C14H22N2O4/c1-15(7-12-4-3-5-20-12)14(18)9-16-8-13(19-2)6-11(16)10-17/h3-5,11,13,17H,6-10H2,1-2H3/t11-,13-/m0/s1. The predicted octanol–water partition coefficient (Wildman–Crippen LogP) is 0.320. The number of methoxy groups -OCH3 is 1. The van der Waals surface area contributed by atoms with E-state index in [4.69, 9.17) is 9.15 Å². The van der Waals surface area contributed by atoms with E-state index in [2.05, 4.69) is 0 Å². The zero-order valence-corrected chi connectivity index (χ0v) is 12.0. The Bertz CT molecular complexity index is 421. The first kappa shape index (κ1) is 15.0. The molecular weight excluding hydrogens is 260 g/mol. The van der Waals surface area contributed by atoms with Crippen molar-refractivity contribution in [2.75, 3.05) is 33.9 Å². The van der Waals surface area contributed by atoms with E-state index in [1.807, 2.05) is 11.0 Å². The molecule has 112 valence electrons. The van der Waals surface area contributed by atoms with Gasteiger partial charge in [-0.05, 0) is 18.6 Å². The summed E-state index contributed by atoms with van der Waals surface area (Å²) in [6, 6.07) is 3.65. The fourth-order valence-corrected chi connectivity index (χ4v) is 2.51. The average molecular weight is 282 g/mol. The number of nitrogens with zero attached hydrogens (tertiary/aromatic N) is 2. The third-order valence-electron chi connectivity index (χ3n) is 3.77. The van der Waals surface area contributed by atoms with E-state index in [-0.39, 0.29) is 24.7 Å². The van der Waals surface area contributed by atoms with Gasteiger partial charge >= 0.3 is 0 Å². The number of carbonyl (C=O) groups is 1. The molecule has 1 aromatic rings. The quantitative estimate of drug-likeness (QED) is 0.814. The number of amides is 1. The second kappa shape index (κ2) is 6.88. The molecule has 1 aliphatic rings. The zero-order chi connectivity index (χ0) is 14.5. The lowest BCUT2D eigenvalue weighted by atomic mass is 10.2. The van der Waals surface area contributed by atoms with Crippen LogP contribution in [-0.2, 0) is 16.1 Å². The number of hydrogen-bond acceptors (Lipinski definition) is 5. The number of rotatable bonds is 6. The second-order valence-corrected chi connectivity index (χ2v) is 5.19. The molecule has 2 rings (SSSR count). The number of aliphatic hydroxyl groups is 1. The first-order valence-corrected chi connectivity index (χ1v) is 6.78. The Balaban J connectivity index is 1.86. The van der Waals surface area contributed by atoms with Crippen LogP contribution in [0.25, 0.3) is 0 Å². The molecule has 2 heterocycles. The Morgan fingerprint density at radius 2 is 2.45 bits per heavy atom. The highest BCUT2D eigenvalue weighted by atomic mass is 16.5. The van der Waals surface area contributed by atoms with Crippen molar-refractivity contribution in [3.8, 4) is 0 Å². The van der Waals surface area contributed by atoms with Crippen molar-refractivity contribution in [3.63, 3.8) is 0 Å². The molecule has 1 fully saturated rings. The highest BCUT2D eigenvalue weighted by Crippen LogP contribution is 2.19. The summed E-state index contributed by atoms with van der Waals surface area (Å²) in [7, 11) is 3.41. The van der Waals surface area contributed by atoms with Crippen LogP contribution in [0.1, 0.15) is 12.2 Å². The number of likely N-dealkylation sites (tertiary alicyclic amines) is 1. The molecule has 0 radical (unpaired) electrons. The molecule has 6 nitrogen and oxygen atoms in total. The predicted molar refractivity (Wildman–Crippen MR) is 73.0 cm³/mol. The summed E-state index contributed by atoms with van der Waals surface area (Å²) in [5.41, 5.74) is 0. The van der Waals surface area contributed by atoms with Crippen molar-refractivity contribution in [1.29, 1.82) is 0 Å². The van der Waals surface area contributed by atoms with Gasteiger partial charge in [0.2, 0.25) is 5.91 Å². The van der Waals surface area contributed by atoms with E-state index in [1.165, 1.54) is 0 Å². The van der Waals surface area contributed by atoms with Crippen molar-refractivity contribution < 1.29 is 19.1 Å². The fraction of sp³-hybridized carbons (Fsp3) is 0.643. The van der Waals surface area contributed by atoms with Gasteiger partial charge in [-0.15, -0.1) is 0 Å². The van der Waals surface area contributed by atoms with Crippen LogP contribution in [0.3, 0.4) is 0 Å². The topological polar surface area (TPSA) is 66.2 Å². The lowest BCUT2D eigenvalue weighted by molar-refractivity contribution is -0.132. The van der Waals surface area contributed by atoms with E-state index in [0.29, 0.717) is 19.6 Å². The van der Waals surface area contributed by atoms with Gasteiger partial charge in [0.05, 0.1) is 32.1 Å². The summed E-state index contributed by atoms with van der Waals surface area (Å²) in [6.45, 7) is 1.48. The smallest absolute Gasteiger partial charge is 0.236 e. The lowest BCUT2D eigenvalue weighted by Gasteiger charge is -2.24. The van der Waals surface area contributed by atoms with Crippen LogP contribution in [0.2, 0.25) is 0 Å². The summed E-state index contributed by atoms with van der Waals surface area (Å²) in [4.78, 5) is 15.8. The minimum absolute atomic E-state index is 0.000845. The van der Waals surface area contributed by atoms with Gasteiger partial charge in [0.15, 0.2) is 0 Å². The third-order valence-corrected chi connectivity index (χ3v) is 3.77. The number of aliphatic hydroxyl groups excluding tert-OH is 1. The SMILES string of the molecule is CO[C@H]1C[C@@H](CO)N(CC(=O)N(C)Cc2ccco2)C1. The second-order valence-electron chi connectivity index (χ2n) is 5.19. The maximum absolute atomic E-state index is 12.2. The Labute approximate surface area is 118 Å². The summed E-state index contributed by atoms with van der Waals surface area (Å²) >= 11 is 0. The first-order valence-electron chi connectivity index (χ1n) is 6.78. The van der Waals surface area contributed by atoms with Crippen LogP contribution in [0.15, 0.2) is 22.8 Å². The maximum Gasteiger partial charge on any atom is 0.236 e. The summed E-state index contributed by atoms with van der Waals surface area (Å²) < 4.78 is 10.5. The van der Waals surface area contributed by atoms with E-state index in [0.717, 1.165) is 12.2 Å². The van der Waals surface area contributed by atoms with E-state index < -0.39 is 0 Å². The largest absolute Gasteiger partial charge is 0.467 e. The maximum atomic E-state index is 12.2. The van der Waals surface area contributed by atoms with Gasteiger partial charge in [-0.3, -0.25) is 9.69 Å². The van der Waals surface area contributed by atoms with Gasteiger partial charge in [0.25, 0.3) is 0 Å². The van der Waals surface area contributed by atoms with Gasteiger partial charge in [-0.2, -0.15) is 0 Å². The lowest BCUT2D eigenvalue weighted by Crippen LogP contribution is -2.41. The molecule has 1 aromatic heterocycles. The number of likely N-dealkylation sites (N-methyl/N-ethyl adjacent to an activating group) is 1.